The number of halogens is 2. The van der Waals surface area contributed by atoms with Gasteiger partial charge in [0.1, 0.15) is 5.76 Å². The number of para-hydroxylation sites is 1. The number of likely N-dealkylation sites (tertiary alicyclic amines) is 1. The van der Waals surface area contributed by atoms with E-state index in [0.29, 0.717) is 32.5 Å². The Kier molecular flexibility index (Phi) is 5.40. The van der Waals surface area contributed by atoms with Crippen LogP contribution in [0.5, 0.6) is 0 Å². The van der Waals surface area contributed by atoms with Gasteiger partial charge in [-0.3, -0.25) is 9.69 Å². The molecule has 0 bridgehead atoms. The van der Waals surface area contributed by atoms with E-state index in [1.165, 1.54) is 5.57 Å². The van der Waals surface area contributed by atoms with Crippen LogP contribution in [0.1, 0.15) is 18.6 Å². The second kappa shape index (κ2) is 7.78. The highest BCUT2D eigenvalue weighted by Gasteiger charge is 2.24. The van der Waals surface area contributed by atoms with Crippen molar-refractivity contribution in [3.63, 3.8) is 0 Å². The summed E-state index contributed by atoms with van der Waals surface area (Å²) in [5.74, 6) is 1.15. The van der Waals surface area contributed by atoms with Crippen LogP contribution in [0.25, 0.3) is 16.5 Å². The van der Waals surface area contributed by atoms with Gasteiger partial charge in [-0.05, 0) is 43.0 Å². The Morgan fingerprint density at radius 3 is 3.04 bits per heavy atom. The average Bonchev–Trinajstić information content (AvgIpc) is 3.10. The van der Waals surface area contributed by atoms with Gasteiger partial charge in [0.15, 0.2) is 11.0 Å². The van der Waals surface area contributed by atoms with Crippen LogP contribution in [0.3, 0.4) is 0 Å². The molecule has 1 aliphatic heterocycles. The second-order valence-corrected chi connectivity index (χ2v) is 8.79. The lowest BCUT2D eigenvalue weighted by atomic mass is 9.95. The standard InChI is InChI=1S/C22H21BrClNO2/c1-2-14-8-9-25(12-14)13-15-10-16(23)6-7-17(15)21-11-20(26)18-4-3-5-19(24)22(18)27-21/h2-7,11,14,16H,1,8-10,12-13H2. The number of rotatable bonds is 4. The summed E-state index contributed by atoms with van der Waals surface area (Å²) in [7, 11) is 0. The Labute approximate surface area is 172 Å². The lowest BCUT2D eigenvalue weighted by molar-refractivity contribution is 0.357. The molecule has 2 heterocycles. The first kappa shape index (κ1) is 18.7. The molecular weight excluding hydrogens is 426 g/mol. The highest BCUT2D eigenvalue weighted by Crippen LogP contribution is 2.33. The molecule has 2 aromatic rings. The number of fused-ring (bicyclic) bond motifs is 1. The Morgan fingerprint density at radius 2 is 2.26 bits per heavy atom. The van der Waals surface area contributed by atoms with Crippen LogP contribution in [-0.2, 0) is 0 Å². The molecule has 1 saturated heterocycles. The summed E-state index contributed by atoms with van der Waals surface area (Å²) in [6.07, 6.45) is 8.26. The second-order valence-electron chi connectivity index (χ2n) is 7.21. The van der Waals surface area contributed by atoms with E-state index in [-0.39, 0.29) is 5.43 Å². The van der Waals surface area contributed by atoms with Crippen LogP contribution in [0.2, 0.25) is 5.02 Å². The first-order chi connectivity index (χ1) is 13.0. The van der Waals surface area contributed by atoms with Crippen LogP contribution in [0.4, 0.5) is 0 Å². The maximum absolute atomic E-state index is 12.6. The quantitative estimate of drug-likeness (QED) is 0.464. The molecule has 0 spiro atoms. The maximum atomic E-state index is 12.6. The highest BCUT2D eigenvalue weighted by molar-refractivity contribution is 9.09. The predicted molar refractivity (Wildman–Crippen MR) is 116 cm³/mol. The molecule has 27 heavy (non-hydrogen) atoms. The van der Waals surface area contributed by atoms with Gasteiger partial charge in [0.05, 0.1) is 10.4 Å². The maximum Gasteiger partial charge on any atom is 0.193 e. The van der Waals surface area contributed by atoms with Crippen LogP contribution >= 0.6 is 27.5 Å². The molecule has 5 heteroatoms. The lowest BCUT2D eigenvalue weighted by Crippen LogP contribution is -2.25. The van der Waals surface area contributed by atoms with Crippen molar-refractivity contribution in [3.05, 3.63) is 75.7 Å². The molecule has 3 nitrogen and oxygen atoms in total. The molecule has 1 fully saturated rings. The number of hydrogen-bond acceptors (Lipinski definition) is 3. The van der Waals surface area contributed by atoms with E-state index in [1.54, 1.807) is 24.3 Å². The zero-order chi connectivity index (χ0) is 19.0. The fraction of sp³-hybridized carbons (Fsp3) is 0.318. The minimum absolute atomic E-state index is 0.0668. The smallest absolute Gasteiger partial charge is 0.193 e. The largest absolute Gasteiger partial charge is 0.454 e. The topological polar surface area (TPSA) is 33.5 Å². The highest BCUT2D eigenvalue weighted by atomic mass is 79.9. The van der Waals surface area contributed by atoms with Crippen LogP contribution < -0.4 is 5.43 Å². The molecule has 4 rings (SSSR count). The molecule has 1 aliphatic carbocycles. The molecule has 2 atom stereocenters. The minimum atomic E-state index is -0.0668. The van der Waals surface area contributed by atoms with Gasteiger partial charge in [-0.25, -0.2) is 0 Å². The van der Waals surface area contributed by atoms with Gasteiger partial charge < -0.3 is 4.42 Å². The predicted octanol–water partition coefficient (Wildman–Crippen LogP) is 5.43. The normalized spacial score (nSPS) is 23.3. The SMILES string of the molecule is C=CC1CCN(CC2=C(c3cc(=O)c4cccc(Cl)c4o3)C=CC(Br)C2)C1. The van der Waals surface area contributed by atoms with E-state index >= 15 is 0 Å². The molecular formula is C22H21BrClNO2. The number of allylic oxidation sites excluding steroid dienone is 3. The molecule has 1 aromatic carbocycles. The summed E-state index contributed by atoms with van der Waals surface area (Å²) in [6.45, 7) is 6.90. The van der Waals surface area contributed by atoms with Gasteiger partial charge in [0, 0.05) is 29.6 Å². The Balaban J connectivity index is 1.76. The van der Waals surface area contributed by atoms with Crippen molar-refractivity contribution in [1.82, 2.24) is 4.90 Å². The molecule has 2 unspecified atom stereocenters. The fourth-order valence-electron chi connectivity index (χ4n) is 3.88. The van der Waals surface area contributed by atoms with Gasteiger partial charge >= 0.3 is 0 Å². The Bertz CT molecular complexity index is 1010. The Hall–Kier alpha value is -1.62. The molecule has 140 valence electrons. The molecule has 2 aliphatic rings. The van der Waals surface area contributed by atoms with E-state index in [4.69, 9.17) is 16.0 Å². The fourth-order valence-corrected chi connectivity index (χ4v) is 4.64. The summed E-state index contributed by atoms with van der Waals surface area (Å²) >= 11 is 9.98. The summed E-state index contributed by atoms with van der Waals surface area (Å²) in [4.78, 5) is 15.3. The van der Waals surface area contributed by atoms with E-state index in [0.717, 1.165) is 38.0 Å². The lowest BCUT2D eigenvalue weighted by Gasteiger charge is -2.24. The zero-order valence-corrected chi connectivity index (χ0v) is 17.3. The van der Waals surface area contributed by atoms with Crippen molar-refractivity contribution in [2.75, 3.05) is 19.6 Å². The van der Waals surface area contributed by atoms with Crippen molar-refractivity contribution in [2.45, 2.75) is 17.7 Å². The molecule has 1 aromatic heterocycles. The summed E-state index contributed by atoms with van der Waals surface area (Å²) in [6, 6.07) is 6.85. The van der Waals surface area contributed by atoms with Crippen LogP contribution in [0, 0.1) is 5.92 Å². The van der Waals surface area contributed by atoms with Crippen molar-refractivity contribution >= 4 is 44.1 Å². The van der Waals surface area contributed by atoms with Crippen molar-refractivity contribution in [2.24, 2.45) is 5.92 Å². The third kappa shape index (κ3) is 3.84. The number of nitrogens with zero attached hydrogens (tertiary/aromatic N) is 1. The Morgan fingerprint density at radius 1 is 1.41 bits per heavy atom. The van der Waals surface area contributed by atoms with Crippen LogP contribution in [-0.4, -0.2) is 29.4 Å². The van der Waals surface area contributed by atoms with Gasteiger partial charge in [-0.2, -0.15) is 0 Å². The number of alkyl halides is 1. The van der Waals surface area contributed by atoms with Gasteiger partial charge in [-0.15, -0.1) is 6.58 Å². The first-order valence-electron chi connectivity index (χ1n) is 9.17. The molecule has 0 amide bonds. The third-order valence-corrected chi connectivity index (χ3v) is 6.25. The number of hydrogen-bond donors (Lipinski definition) is 0. The van der Waals surface area contributed by atoms with Gasteiger partial charge in [0.2, 0.25) is 0 Å². The number of benzene rings is 1. The van der Waals surface area contributed by atoms with Gasteiger partial charge in [0.25, 0.3) is 0 Å². The van der Waals surface area contributed by atoms with E-state index in [9.17, 15) is 4.79 Å². The molecule has 0 radical (unpaired) electrons. The summed E-state index contributed by atoms with van der Waals surface area (Å²) < 4.78 is 6.09. The van der Waals surface area contributed by atoms with E-state index < -0.39 is 0 Å². The molecule has 0 saturated carbocycles. The minimum Gasteiger partial charge on any atom is -0.454 e. The molecule has 0 N–H and O–H groups in total. The zero-order valence-electron chi connectivity index (χ0n) is 15.0. The van der Waals surface area contributed by atoms with E-state index in [2.05, 4.69) is 39.6 Å². The monoisotopic (exact) mass is 445 g/mol. The summed E-state index contributed by atoms with van der Waals surface area (Å²) in [5.41, 5.74) is 2.66. The average molecular weight is 447 g/mol. The first-order valence-corrected chi connectivity index (χ1v) is 10.5. The summed E-state index contributed by atoms with van der Waals surface area (Å²) in [5, 5.41) is 0.972. The third-order valence-electron chi connectivity index (χ3n) is 5.32. The van der Waals surface area contributed by atoms with Gasteiger partial charge in [-0.1, -0.05) is 51.8 Å². The van der Waals surface area contributed by atoms with E-state index in [1.807, 2.05) is 6.08 Å². The van der Waals surface area contributed by atoms with Crippen LogP contribution in [0.15, 0.2) is 63.9 Å². The van der Waals surface area contributed by atoms with Crippen molar-refractivity contribution in [1.29, 1.82) is 0 Å². The van der Waals surface area contributed by atoms with Crippen molar-refractivity contribution in [3.8, 4) is 0 Å². The van der Waals surface area contributed by atoms with Crippen molar-refractivity contribution < 1.29 is 4.42 Å².